The van der Waals surface area contributed by atoms with Gasteiger partial charge in [0.05, 0.1) is 6.61 Å². The summed E-state index contributed by atoms with van der Waals surface area (Å²) in [6.45, 7) is -0.758. The molecule has 1 saturated heterocycles. The van der Waals surface area contributed by atoms with Gasteiger partial charge in [0.1, 0.15) is 12.2 Å². The topological polar surface area (TPSA) is 111 Å². The quantitative estimate of drug-likeness (QED) is 0.365. The van der Waals surface area contributed by atoms with E-state index in [-0.39, 0.29) is 0 Å². The van der Waals surface area contributed by atoms with Crippen molar-refractivity contribution in [1.29, 1.82) is 0 Å². The zero-order valence-electron chi connectivity index (χ0n) is 6.72. The normalized spacial score (nSPS) is 34.3. The second-order valence-corrected chi connectivity index (χ2v) is 5.18. The highest BCUT2D eigenvalue weighted by molar-refractivity contribution is 9.13. The summed E-state index contributed by atoms with van der Waals surface area (Å²) in [5.74, 6) is -0.777. The lowest BCUT2D eigenvalue weighted by atomic mass is 10.1. The van der Waals surface area contributed by atoms with Crippen molar-refractivity contribution in [1.82, 2.24) is 0 Å². The minimum atomic E-state index is -2.20. The lowest BCUT2D eigenvalue weighted by Crippen LogP contribution is -2.53. The summed E-state index contributed by atoms with van der Waals surface area (Å²) < 4.78 is 0.450. The number of hydrogen-bond donors (Lipinski definition) is 4. The first-order valence-corrected chi connectivity index (χ1v) is 5.16. The third kappa shape index (κ3) is 1.70. The van der Waals surface area contributed by atoms with Gasteiger partial charge in [-0.25, -0.2) is 4.79 Å². The third-order valence-corrected chi connectivity index (χ3v) is 4.50. The largest absolute Gasteiger partial charge is 0.427 e. The van der Waals surface area contributed by atoms with Gasteiger partial charge in [-0.05, 0) is 31.9 Å². The molecular formula is C6H8Br2O6. The summed E-state index contributed by atoms with van der Waals surface area (Å²) in [5.41, 5.74) is 0. The molecule has 14 heavy (non-hydrogen) atoms. The van der Waals surface area contributed by atoms with Crippen LogP contribution in [0.1, 0.15) is 0 Å². The van der Waals surface area contributed by atoms with Gasteiger partial charge in [0.25, 0.3) is 0 Å². The zero-order valence-corrected chi connectivity index (χ0v) is 9.90. The number of epoxide rings is 1. The van der Waals surface area contributed by atoms with Crippen molar-refractivity contribution in [3.63, 3.8) is 0 Å². The smallest absolute Gasteiger partial charge is 0.368 e. The van der Waals surface area contributed by atoms with Crippen LogP contribution in [0.25, 0.3) is 0 Å². The number of aliphatic hydroxyl groups excluding tert-OH is 3. The maximum Gasteiger partial charge on any atom is 0.368 e. The highest BCUT2D eigenvalue weighted by Gasteiger charge is 2.72. The van der Waals surface area contributed by atoms with E-state index < -0.39 is 33.8 Å². The monoisotopic (exact) mass is 334 g/mol. The van der Waals surface area contributed by atoms with Crippen molar-refractivity contribution < 1.29 is 30.0 Å². The molecule has 4 atom stereocenters. The lowest BCUT2D eigenvalue weighted by Gasteiger charge is -2.29. The molecule has 1 heterocycles. The van der Waals surface area contributed by atoms with Gasteiger partial charge in [-0.3, -0.25) is 0 Å². The zero-order chi connectivity index (χ0) is 11.1. The number of aliphatic hydroxyl groups is 4. The Morgan fingerprint density at radius 3 is 2.29 bits per heavy atom. The van der Waals surface area contributed by atoms with E-state index in [9.17, 15) is 15.0 Å². The maximum atomic E-state index is 10.8. The Kier molecular flexibility index (Phi) is 3.25. The molecular weight excluding hydrogens is 328 g/mol. The first kappa shape index (κ1) is 12.3. The Hall–Kier alpha value is 0.270. The molecule has 1 fully saturated rings. The van der Waals surface area contributed by atoms with Crippen LogP contribution in [0.15, 0.2) is 0 Å². The molecule has 0 aromatic heterocycles. The molecule has 1 aliphatic heterocycles. The molecule has 0 aliphatic carbocycles. The molecule has 0 spiro atoms. The fourth-order valence-corrected chi connectivity index (χ4v) is 1.79. The molecule has 8 heteroatoms. The second-order valence-electron chi connectivity index (χ2n) is 2.85. The number of cyclic esters (lactones) is 1. The Morgan fingerprint density at radius 1 is 1.57 bits per heavy atom. The van der Waals surface area contributed by atoms with E-state index in [2.05, 4.69) is 36.6 Å². The van der Waals surface area contributed by atoms with Crippen molar-refractivity contribution in [2.24, 2.45) is 0 Å². The van der Waals surface area contributed by atoms with Gasteiger partial charge < -0.3 is 25.2 Å². The Balaban J connectivity index is 2.80. The van der Waals surface area contributed by atoms with Crippen LogP contribution in [-0.4, -0.2) is 54.2 Å². The predicted octanol–water partition coefficient (Wildman–Crippen LogP) is -1.57. The molecule has 0 amide bonds. The van der Waals surface area contributed by atoms with Crippen LogP contribution in [0, 0.1) is 0 Å². The van der Waals surface area contributed by atoms with Crippen molar-refractivity contribution in [2.75, 3.05) is 6.61 Å². The van der Waals surface area contributed by atoms with Crippen LogP contribution >= 0.6 is 31.9 Å². The van der Waals surface area contributed by atoms with Crippen LogP contribution < -0.4 is 0 Å². The Bertz CT molecular complexity index is 257. The summed E-state index contributed by atoms with van der Waals surface area (Å²) in [6, 6.07) is 0. The van der Waals surface area contributed by atoms with Gasteiger partial charge in [0, 0.05) is 0 Å². The fraction of sp³-hybridized carbons (Fsp3) is 0.833. The van der Waals surface area contributed by atoms with Gasteiger partial charge in [-0.15, -0.1) is 0 Å². The van der Waals surface area contributed by atoms with Crippen molar-refractivity contribution in [3.05, 3.63) is 0 Å². The SMILES string of the molecule is O=C1OC1(Br)C(O)(Br)C(O)C(O)CO. The van der Waals surface area contributed by atoms with Crippen LogP contribution in [0.4, 0.5) is 0 Å². The number of carbonyl (C=O) groups excluding carboxylic acids is 1. The minimum Gasteiger partial charge on any atom is -0.427 e. The van der Waals surface area contributed by atoms with Gasteiger partial charge >= 0.3 is 10.5 Å². The molecule has 0 aromatic rings. The van der Waals surface area contributed by atoms with E-state index in [1.807, 2.05) is 0 Å². The molecule has 1 rings (SSSR count). The van der Waals surface area contributed by atoms with E-state index in [1.54, 1.807) is 0 Å². The molecule has 82 valence electrons. The van der Waals surface area contributed by atoms with Crippen LogP contribution in [-0.2, 0) is 9.53 Å². The van der Waals surface area contributed by atoms with E-state index in [4.69, 9.17) is 10.2 Å². The molecule has 0 radical (unpaired) electrons. The van der Waals surface area contributed by atoms with E-state index >= 15 is 0 Å². The highest BCUT2D eigenvalue weighted by Crippen LogP contribution is 2.51. The van der Waals surface area contributed by atoms with E-state index in [1.165, 1.54) is 0 Å². The molecule has 4 unspecified atom stereocenters. The molecule has 0 saturated carbocycles. The molecule has 1 aliphatic rings. The van der Waals surface area contributed by atoms with Crippen molar-refractivity contribution >= 4 is 37.8 Å². The Morgan fingerprint density at radius 2 is 2.00 bits per heavy atom. The van der Waals surface area contributed by atoms with E-state index in [0.29, 0.717) is 0 Å². The lowest BCUT2D eigenvalue weighted by molar-refractivity contribution is -0.118. The standard InChI is InChI=1S/C6H8Br2O6/c7-5(13,3(11)2(10)1-9)6(8)4(12)14-6/h2-3,9-11,13H,1H2. The van der Waals surface area contributed by atoms with Crippen molar-refractivity contribution in [2.45, 2.75) is 21.2 Å². The third-order valence-electron chi connectivity index (χ3n) is 1.85. The molecule has 0 bridgehead atoms. The number of halogens is 2. The van der Waals surface area contributed by atoms with Gasteiger partial charge in [0.15, 0.2) is 0 Å². The van der Waals surface area contributed by atoms with Crippen LogP contribution in [0.2, 0.25) is 0 Å². The summed E-state index contributed by atoms with van der Waals surface area (Å²) in [5, 5.41) is 36.6. The molecule has 4 N–H and O–H groups in total. The molecule has 0 aromatic carbocycles. The molecule has 6 nitrogen and oxygen atoms in total. The number of hydrogen-bond acceptors (Lipinski definition) is 6. The second kappa shape index (κ2) is 3.69. The highest BCUT2D eigenvalue weighted by atomic mass is 79.9. The number of rotatable bonds is 4. The maximum absolute atomic E-state index is 10.8. The average Bonchev–Trinajstić information content (AvgIpc) is 2.74. The minimum absolute atomic E-state index is 0.758. The van der Waals surface area contributed by atoms with Gasteiger partial charge in [-0.1, -0.05) is 0 Å². The van der Waals surface area contributed by atoms with Crippen molar-refractivity contribution in [3.8, 4) is 0 Å². The number of carbonyl (C=O) groups is 1. The first-order chi connectivity index (χ1) is 6.27. The first-order valence-electron chi connectivity index (χ1n) is 3.58. The van der Waals surface area contributed by atoms with Gasteiger partial charge in [-0.2, -0.15) is 0 Å². The average molecular weight is 336 g/mol. The summed E-state index contributed by atoms with van der Waals surface area (Å²) in [7, 11) is 0. The summed E-state index contributed by atoms with van der Waals surface area (Å²) in [4.78, 5) is 10.8. The van der Waals surface area contributed by atoms with Gasteiger partial charge in [0.2, 0.25) is 4.51 Å². The summed E-state index contributed by atoms with van der Waals surface area (Å²) in [6.07, 6.45) is -3.37. The van der Waals surface area contributed by atoms with E-state index in [0.717, 1.165) is 0 Å². The van der Waals surface area contributed by atoms with Crippen LogP contribution in [0.3, 0.4) is 0 Å². The summed E-state index contributed by atoms with van der Waals surface area (Å²) >= 11 is 5.41. The van der Waals surface area contributed by atoms with Crippen LogP contribution in [0.5, 0.6) is 0 Å². The number of ether oxygens (including phenoxy) is 1. The predicted molar refractivity (Wildman–Crippen MR) is 50.7 cm³/mol. The number of alkyl halides is 2. The fourth-order valence-electron chi connectivity index (χ4n) is 0.862. The Labute approximate surface area is 95.7 Å².